The normalized spacial score (nSPS) is 13.2. The van der Waals surface area contributed by atoms with Crippen molar-refractivity contribution in [1.29, 1.82) is 0 Å². The molecule has 2 aromatic carbocycles. The molecule has 3 rings (SSSR count). The van der Waals surface area contributed by atoms with Crippen molar-refractivity contribution in [2.75, 3.05) is 14.2 Å². The SMILES string of the molecule is COc1ccc(S(=O)(=O)NC(=O)c2ccc3c(c2)COC3)c(OC)c1. The van der Waals surface area contributed by atoms with Gasteiger partial charge >= 0.3 is 0 Å². The predicted molar refractivity (Wildman–Crippen MR) is 89.1 cm³/mol. The van der Waals surface area contributed by atoms with E-state index in [9.17, 15) is 13.2 Å². The number of hydrogen-bond donors (Lipinski definition) is 1. The topological polar surface area (TPSA) is 90.9 Å². The van der Waals surface area contributed by atoms with Crippen molar-refractivity contribution in [3.05, 3.63) is 53.1 Å². The van der Waals surface area contributed by atoms with Gasteiger partial charge in [-0.05, 0) is 35.4 Å². The summed E-state index contributed by atoms with van der Waals surface area (Å²) in [6, 6.07) is 9.21. The number of methoxy groups -OCH3 is 2. The van der Waals surface area contributed by atoms with Gasteiger partial charge in [0.2, 0.25) is 0 Å². The first kappa shape index (κ1) is 17.2. The summed E-state index contributed by atoms with van der Waals surface area (Å²) >= 11 is 0. The number of carbonyl (C=O) groups is 1. The first-order valence-electron chi connectivity index (χ1n) is 7.43. The Morgan fingerprint density at radius 3 is 2.52 bits per heavy atom. The lowest BCUT2D eigenvalue weighted by atomic mass is 10.1. The van der Waals surface area contributed by atoms with Gasteiger partial charge in [0.05, 0.1) is 27.4 Å². The highest BCUT2D eigenvalue weighted by molar-refractivity contribution is 7.90. The number of sulfonamides is 1. The Labute approximate surface area is 145 Å². The van der Waals surface area contributed by atoms with Crippen molar-refractivity contribution in [3.8, 4) is 11.5 Å². The Kier molecular flexibility index (Phi) is 4.65. The lowest BCUT2D eigenvalue weighted by Crippen LogP contribution is -2.31. The molecule has 1 heterocycles. The lowest BCUT2D eigenvalue weighted by Gasteiger charge is -2.12. The van der Waals surface area contributed by atoms with Crippen molar-refractivity contribution in [3.63, 3.8) is 0 Å². The number of carbonyl (C=O) groups excluding carboxylic acids is 1. The van der Waals surface area contributed by atoms with E-state index in [0.717, 1.165) is 11.1 Å². The van der Waals surface area contributed by atoms with Gasteiger partial charge in [0.1, 0.15) is 16.4 Å². The van der Waals surface area contributed by atoms with E-state index < -0.39 is 15.9 Å². The average Bonchev–Trinajstić information content (AvgIpc) is 3.08. The highest BCUT2D eigenvalue weighted by Crippen LogP contribution is 2.28. The molecule has 0 saturated carbocycles. The fraction of sp³-hybridized carbons (Fsp3) is 0.235. The van der Waals surface area contributed by atoms with Crippen molar-refractivity contribution < 1.29 is 27.4 Å². The number of fused-ring (bicyclic) bond motifs is 1. The van der Waals surface area contributed by atoms with Crippen LogP contribution in [0.1, 0.15) is 21.5 Å². The van der Waals surface area contributed by atoms with Crippen LogP contribution in [-0.4, -0.2) is 28.5 Å². The van der Waals surface area contributed by atoms with E-state index in [2.05, 4.69) is 4.72 Å². The van der Waals surface area contributed by atoms with Gasteiger partial charge in [-0.3, -0.25) is 4.79 Å². The second-order valence-corrected chi connectivity index (χ2v) is 7.08. The molecule has 0 fully saturated rings. The van der Waals surface area contributed by atoms with E-state index in [0.29, 0.717) is 19.0 Å². The zero-order chi connectivity index (χ0) is 18.0. The fourth-order valence-corrected chi connectivity index (χ4v) is 3.67. The number of ether oxygens (including phenoxy) is 3. The Morgan fingerprint density at radius 1 is 1.04 bits per heavy atom. The minimum atomic E-state index is -4.10. The molecule has 0 unspecified atom stereocenters. The summed E-state index contributed by atoms with van der Waals surface area (Å²) in [5, 5.41) is 0. The Balaban J connectivity index is 1.87. The molecule has 2 aromatic rings. The standard InChI is InChI=1S/C17H17NO6S/c1-22-14-5-6-16(15(8-14)23-2)25(20,21)18-17(19)11-3-4-12-9-24-10-13(12)7-11/h3-8H,9-10H2,1-2H3,(H,18,19). The molecular formula is C17H17NO6S. The van der Waals surface area contributed by atoms with Crippen LogP contribution in [0.4, 0.5) is 0 Å². The van der Waals surface area contributed by atoms with Gasteiger partial charge in [-0.2, -0.15) is 0 Å². The zero-order valence-corrected chi connectivity index (χ0v) is 14.6. The summed E-state index contributed by atoms with van der Waals surface area (Å²) in [5.74, 6) is -0.185. The third kappa shape index (κ3) is 3.45. The molecule has 1 aliphatic rings. The van der Waals surface area contributed by atoms with Gasteiger partial charge in [-0.25, -0.2) is 13.1 Å². The van der Waals surface area contributed by atoms with Crippen LogP contribution >= 0.6 is 0 Å². The summed E-state index contributed by atoms with van der Waals surface area (Å²) in [6.07, 6.45) is 0. The third-order valence-electron chi connectivity index (χ3n) is 3.87. The van der Waals surface area contributed by atoms with Crippen molar-refractivity contribution in [2.45, 2.75) is 18.1 Å². The number of hydrogen-bond acceptors (Lipinski definition) is 6. The smallest absolute Gasteiger partial charge is 0.268 e. The largest absolute Gasteiger partial charge is 0.497 e. The summed E-state index contributed by atoms with van der Waals surface area (Å²) in [7, 11) is -1.30. The molecule has 1 amide bonds. The summed E-state index contributed by atoms with van der Waals surface area (Å²) in [4.78, 5) is 12.2. The minimum absolute atomic E-state index is 0.0852. The van der Waals surface area contributed by atoms with Crippen LogP contribution in [0.25, 0.3) is 0 Å². The third-order valence-corrected chi connectivity index (χ3v) is 5.24. The second kappa shape index (κ2) is 6.73. The van der Waals surface area contributed by atoms with E-state index in [1.54, 1.807) is 18.2 Å². The fourth-order valence-electron chi connectivity index (χ4n) is 2.55. The monoisotopic (exact) mass is 363 g/mol. The molecule has 0 aromatic heterocycles. The molecule has 0 saturated heterocycles. The van der Waals surface area contributed by atoms with Crippen LogP contribution < -0.4 is 14.2 Å². The van der Waals surface area contributed by atoms with E-state index >= 15 is 0 Å². The molecule has 8 heteroatoms. The molecular weight excluding hydrogens is 346 g/mol. The van der Waals surface area contributed by atoms with E-state index in [1.165, 1.54) is 32.4 Å². The van der Waals surface area contributed by atoms with Gasteiger partial charge in [0.15, 0.2) is 0 Å². The molecule has 1 N–H and O–H groups in total. The second-order valence-electron chi connectivity index (χ2n) is 5.43. The maximum atomic E-state index is 12.6. The molecule has 1 aliphatic heterocycles. The summed E-state index contributed by atoms with van der Waals surface area (Å²) in [6.45, 7) is 0.911. The number of nitrogens with one attached hydrogen (secondary N) is 1. The van der Waals surface area contributed by atoms with Crippen LogP contribution in [-0.2, 0) is 28.0 Å². The van der Waals surface area contributed by atoms with Gasteiger partial charge in [-0.1, -0.05) is 6.07 Å². The molecule has 0 aliphatic carbocycles. The summed E-state index contributed by atoms with van der Waals surface area (Å²) in [5.41, 5.74) is 2.13. The summed E-state index contributed by atoms with van der Waals surface area (Å²) < 4.78 is 42.6. The lowest BCUT2D eigenvalue weighted by molar-refractivity contribution is 0.0981. The van der Waals surface area contributed by atoms with Crippen molar-refractivity contribution in [2.24, 2.45) is 0 Å². The maximum absolute atomic E-state index is 12.6. The highest BCUT2D eigenvalue weighted by atomic mass is 32.2. The van der Waals surface area contributed by atoms with Crippen LogP contribution in [0.15, 0.2) is 41.3 Å². The average molecular weight is 363 g/mol. The van der Waals surface area contributed by atoms with Gasteiger partial charge in [0, 0.05) is 11.6 Å². The molecule has 0 radical (unpaired) electrons. The maximum Gasteiger partial charge on any atom is 0.268 e. The first-order valence-corrected chi connectivity index (χ1v) is 8.91. The van der Waals surface area contributed by atoms with Crippen LogP contribution in [0.5, 0.6) is 11.5 Å². The number of benzene rings is 2. The zero-order valence-electron chi connectivity index (χ0n) is 13.7. The number of amides is 1. The predicted octanol–water partition coefficient (Wildman–Crippen LogP) is 1.85. The van der Waals surface area contributed by atoms with Crippen LogP contribution in [0.3, 0.4) is 0 Å². The molecule has 25 heavy (non-hydrogen) atoms. The van der Waals surface area contributed by atoms with Gasteiger partial charge in [0.25, 0.3) is 15.9 Å². The minimum Gasteiger partial charge on any atom is -0.497 e. The van der Waals surface area contributed by atoms with Crippen LogP contribution in [0, 0.1) is 0 Å². The first-order chi connectivity index (χ1) is 11.9. The van der Waals surface area contributed by atoms with Gasteiger partial charge < -0.3 is 14.2 Å². The molecule has 132 valence electrons. The van der Waals surface area contributed by atoms with Crippen molar-refractivity contribution >= 4 is 15.9 Å². The van der Waals surface area contributed by atoms with Gasteiger partial charge in [-0.15, -0.1) is 0 Å². The van der Waals surface area contributed by atoms with E-state index in [-0.39, 0.29) is 16.2 Å². The highest BCUT2D eigenvalue weighted by Gasteiger charge is 2.24. The van der Waals surface area contributed by atoms with Crippen molar-refractivity contribution in [1.82, 2.24) is 4.72 Å². The molecule has 0 atom stereocenters. The Hall–Kier alpha value is -2.58. The Morgan fingerprint density at radius 2 is 1.80 bits per heavy atom. The van der Waals surface area contributed by atoms with E-state index in [4.69, 9.17) is 14.2 Å². The number of rotatable bonds is 5. The Bertz CT molecular complexity index is 923. The molecule has 0 spiro atoms. The molecule has 7 nitrogen and oxygen atoms in total. The molecule has 0 bridgehead atoms. The quantitative estimate of drug-likeness (QED) is 0.872. The van der Waals surface area contributed by atoms with Crippen LogP contribution in [0.2, 0.25) is 0 Å². The van der Waals surface area contributed by atoms with E-state index in [1.807, 2.05) is 0 Å².